The summed E-state index contributed by atoms with van der Waals surface area (Å²) in [5.41, 5.74) is 0. The predicted octanol–water partition coefficient (Wildman–Crippen LogP) is 1.05. The summed E-state index contributed by atoms with van der Waals surface area (Å²) in [6.45, 7) is 2.70. The summed E-state index contributed by atoms with van der Waals surface area (Å²) in [5, 5.41) is 12.3. The summed E-state index contributed by atoms with van der Waals surface area (Å²) in [6.07, 6.45) is 6.75. The number of likely N-dealkylation sites (tertiary alicyclic amines) is 1. The summed E-state index contributed by atoms with van der Waals surface area (Å²) in [4.78, 5) is 25.7. The first kappa shape index (κ1) is 15.3. The van der Waals surface area contributed by atoms with Crippen molar-refractivity contribution in [2.45, 2.75) is 64.0 Å². The highest BCUT2D eigenvalue weighted by molar-refractivity contribution is 5.87. The van der Waals surface area contributed by atoms with Gasteiger partial charge in [0.15, 0.2) is 0 Å². The van der Waals surface area contributed by atoms with E-state index in [-0.39, 0.29) is 11.8 Å². The number of rotatable bonds is 4. The molecule has 2 fully saturated rings. The molecule has 20 heavy (non-hydrogen) atoms. The Labute approximate surface area is 120 Å². The summed E-state index contributed by atoms with van der Waals surface area (Å²) < 4.78 is 0. The van der Waals surface area contributed by atoms with Crippen molar-refractivity contribution in [1.29, 1.82) is 0 Å². The van der Waals surface area contributed by atoms with Crippen LogP contribution in [0.15, 0.2) is 0 Å². The first-order valence-corrected chi connectivity index (χ1v) is 7.82. The molecule has 0 radical (unpaired) electrons. The third-order valence-corrected chi connectivity index (χ3v) is 4.42. The van der Waals surface area contributed by atoms with Crippen LogP contribution in [0.25, 0.3) is 0 Å². The van der Waals surface area contributed by atoms with Crippen molar-refractivity contribution in [2.24, 2.45) is 5.92 Å². The van der Waals surface area contributed by atoms with Crippen LogP contribution < -0.4 is 5.32 Å². The second-order valence-corrected chi connectivity index (χ2v) is 6.22. The molecule has 2 aliphatic rings. The van der Waals surface area contributed by atoms with Crippen LogP contribution in [0.5, 0.6) is 0 Å². The molecule has 2 rings (SSSR count). The van der Waals surface area contributed by atoms with Gasteiger partial charge in [0.2, 0.25) is 11.8 Å². The minimum atomic E-state index is -0.489. The van der Waals surface area contributed by atoms with E-state index in [9.17, 15) is 14.7 Å². The largest absolute Gasteiger partial charge is 0.391 e. The maximum atomic E-state index is 12.1. The molecule has 0 aromatic heterocycles. The van der Waals surface area contributed by atoms with E-state index in [1.54, 1.807) is 11.8 Å². The van der Waals surface area contributed by atoms with Gasteiger partial charge in [-0.2, -0.15) is 0 Å². The van der Waals surface area contributed by atoms with E-state index in [0.717, 1.165) is 12.8 Å². The molecule has 1 aliphatic carbocycles. The SMILES string of the molecule is CC(NC(=O)CC1CCCCC1)C(=O)N1CC[C@H](O)C1. The molecule has 1 unspecified atom stereocenters. The number of aliphatic hydroxyl groups is 1. The summed E-state index contributed by atoms with van der Waals surface area (Å²) >= 11 is 0. The number of β-amino-alcohol motifs (C(OH)–C–C–N with tert-alkyl or cyclic N) is 1. The maximum Gasteiger partial charge on any atom is 0.244 e. The molecule has 2 amide bonds. The first-order chi connectivity index (χ1) is 9.56. The van der Waals surface area contributed by atoms with Crippen LogP contribution in [0.2, 0.25) is 0 Å². The van der Waals surface area contributed by atoms with E-state index in [4.69, 9.17) is 0 Å². The van der Waals surface area contributed by atoms with Crippen LogP contribution in [0.3, 0.4) is 0 Å². The zero-order valence-electron chi connectivity index (χ0n) is 12.3. The van der Waals surface area contributed by atoms with E-state index in [0.29, 0.717) is 31.8 Å². The molecule has 0 aromatic rings. The Hall–Kier alpha value is -1.10. The van der Waals surface area contributed by atoms with Crippen molar-refractivity contribution < 1.29 is 14.7 Å². The molecule has 0 spiro atoms. The number of carbonyl (C=O) groups excluding carboxylic acids is 2. The number of hydrogen-bond acceptors (Lipinski definition) is 3. The van der Waals surface area contributed by atoms with Crippen molar-refractivity contribution in [1.82, 2.24) is 10.2 Å². The molecular formula is C15H26N2O3. The quantitative estimate of drug-likeness (QED) is 0.810. The maximum absolute atomic E-state index is 12.1. The van der Waals surface area contributed by atoms with Crippen LogP contribution in [0, 0.1) is 5.92 Å². The topological polar surface area (TPSA) is 69.6 Å². The Morgan fingerprint density at radius 3 is 2.55 bits per heavy atom. The Kier molecular flexibility index (Phi) is 5.40. The zero-order chi connectivity index (χ0) is 14.5. The van der Waals surface area contributed by atoms with Gasteiger partial charge in [0.05, 0.1) is 6.10 Å². The van der Waals surface area contributed by atoms with Gasteiger partial charge < -0.3 is 15.3 Å². The molecular weight excluding hydrogens is 256 g/mol. The molecule has 1 saturated heterocycles. The highest BCUT2D eigenvalue weighted by atomic mass is 16.3. The normalized spacial score (nSPS) is 25.5. The summed E-state index contributed by atoms with van der Waals surface area (Å²) in [6, 6.07) is -0.489. The smallest absolute Gasteiger partial charge is 0.244 e. The summed E-state index contributed by atoms with van der Waals surface area (Å²) in [5.74, 6) is 0.385. The molecule has 5 heteroatoms. The third kappa shape index (κ3) is 4.20. The Morgan fingerprint density at radius 1 is 1.25 bits per heavy atom. The van der Waals surface area contributed by atoms with Crippen LogP contribution in [-0.2, 0) is 9.59 Å². The molecule has 2 N–H and O–H groups in total. The fourth-order valence-corrected chi connectivity index (χ4v) is 3.23. The minimum absolute atomic E-state index is 0.0162. The number of carbonyl (C=O) groups is 2. The first-order valence-electron chi connectivity index (χ1n) is 7.82. The number of nitrogens with zero attached hydrogens (tertiary/aromatic N) is 1. The van der Waals surface area contributed by atoms with E-state index in [1.807, 2.05) is 0 Å². The molecule has 2 atom stereocenters. The van der Waals surface area contributed by atoms with Crippen LogP contribution in [-0.4, -0.2) is 47.1 Å². The molecule has 1 aliphatic heterocycles. The molecule has 0 bridgehead atoms. The highest BCUT2D eigenvalue weighted by Gasteiger charge is 2.28. The molecule has 5 nitrogen and oxygen atoms in total. The van der Waals surface area contributed by atoms with Crippen molar-refractivity contribution in [3.8, 4) is 0 Å². The van der Waals surface area contributed by atoms with E-state index >= 15 is 0 Å². The molecule has 1 saturated carbocycles. The zero-order valence-corrected chi connectivity index (χ0v) is 12.3. The molecule has 1 heterocycles. The van der Waals surface area contributed by atoms with Gasteiger partial charge >= 0.3 is 0 Å². The second kappa shape index (κ2) is 7.07. The fourth-order valence-electron chi connectivity index (χ4n) is 3.23. The predicted molar refractivity (Wildman–Crippen MR) is 76.0 cm³/mol. The number of amides is 2. The lowest BCUT2D eigenvalue weighted by Crippen LogP contribution is -2.46. The van der Waals surface area contributed by atoms with Crippen molar-refractivity contribution >= 4 is 11.8 Å². The van der Waals surface area contributed by atoms with Gasteiger partial charge in [0.25, 0.3) is 0 Å². The average molecular weight is 282 g/mol. The standard InChI is InChI=1S/C15H26N2O3/c1-11(15(20)17-8-7-13(18)10-17)16-14(19)9-12-5-3-2-4-6-12/h11-13,18H,2-10H2,1H3,(H,16,19)/t11?,13-/m0/s1. The monoisotopic (exact) mass is 282 g/mol. The average Bonchev–Trinajstić information content (AvgIpc) is 2.85. The van der Waals surface area contributed by atoms with E-state index < -0.39 is 12.1 Å². The van der Waals surface area contributed by atoms with Gasteiger partial charge in [-0.05, 0) is 32.1 Å². The molecule has 0 aromatic carbocycles. The van der Waals surface area contributed by atoms with Gasteiger partial charge in [-0.15, -0.1) is 0 Å². The van der Waals surface area contributed by atoms with Crippen molar-refractivity contribution in [3.05, 3.63) is 0 Å². The van der Waals surface area contributed by atoms with Gasteiger partial charge in [-0.1, -0.05) is 19.3 Å². The summed E-state index contributed by atoms with van der Waals surface area (Å²) in [7, 11) is 0. The minimum Gasteiger partial charge on any atom is -0.391 e. The Balaban J connectivity index is 1.73. The van der Waals surface area contributed by atoms with Crippen molar-refractivity contribution in [3.63, 3.8) is 0 Å². The number of nitrogens with one attached hydrogen (secondary N) is 1. The lowest BCUT2D eigenvalue weighted by atomic mass is 9.87. The second-order valence-electron chi connectivity index (χ2n) is 6.22. The van der Waals surface area contributed by atoms with Gasteiger partial charge in [0, 0.05) is 19.5 Å². The van der Waals surface area contributed by atoms with Crippen LogP contribution in [0.1, 0.15) is 51.9 Å². The van der Waals surface area contributed by atoms with E-state index in [1.165, 1.54) is 19.3 Å². The van der Waals surface area contributed by atoms with Crippen molar-refractivity contribution in [2.75, 3.05) is 13.1 Å². The fraction of sp³-hybridized carbons (Fsp3) is 0.867. The molecule has 114 valence electrons. The highest BCUT2D eigenvalue weighted by Crippen LogP contribution is 2.26. The number of aliphatic hydroxyl groups excluding tert-OH is 1. The lowest BCUT2D eigenvalue weighted by Gasteiger charge is -2.24. The van der Waals surface area contributed by atoms with E-state index in [2.05, 4.69) is 5.32 Å². The Morgan fingerprint density at radius 2 is 1.95 bits per heavy atom. The Bertz CT molecular complexity index is 353. The third-order valence-electron chi connectivity index (χ3n) is 4.42. The number of hydrogen-bond donors (Lipinski definition) is 2. The van der Waals surface area contributed by atoms with Crippen LogP contribution in [0.4, 0.5) is 0 Å². The van der Waals surface area contributed by atoms with Gasteiger partial charge in [-0.3, -0.25) is 9.59 Å². The van der Waals surface area contributed by atoms with Crippen LogP contribution >= 0.6 is 0 Å². The van der Waals surface area contributed by atoms with Gasteiger partial charge in [-0.25, -0.2) is 0 Å². The van der Waals surface area contributed by atoms with Gasteiger partial charge in [0.1, 0.15) is 6.04 Å². The lowest BCUT2D eigenvalue weighted by molar-refractivity contribution is -0.135.